The van der Waals surface area contributed by atoms with Crippen molar-refractivity contribution in [3.05, 3.63) is 60.7 Å². The van der Waals surface area contributed by atoms with Gasteiger partial charge in [0.1, 0.15) is 11.5 Å². The summed E-state index contributed by atoms with van der Waals surface area (Å²) in [5.41, 5.74) is 0. The summed E-state index contributed by atoms with van der Waals surface area (Å²) in [6, 6.07) is 6.33. The van der Waals surface area contributed by atoms with Crippen LogP contribution in [0.3, 0.4) is 0 Å². The fourth-order valence-electron chi connectivity index (χ4n) is 2.62. The van der Waals surface area contributed by atoms with Crippen molar-refractivity contribution in [2.24, 2.45) is 0 Å². The molecule has 0 bridgehead atoms. The number of esters is 1. The number of carbonyl (C=O) groups is 1. The van der Waals surface area contributed by atoms with E-state index < -0.39 is 0 Å². The van der Waals surface area contributed by atoms with Crippen LogP contribution in [0.2, 0.25) is 0 Å². The second-order valence-corrected chi connectivity index (χ2v) is 6.57. The smallest absolute Gasteiger partial charge is 0.311 e. The molecule has 0 saturated heterocycles. The number of phenolic OH excluding ortho intramolecular Hbond substituents is 1. The number of unbranched alkanes of at least 4 members (excludes halogenated alkanes) is 5. The van der Waals surface area contributed by atoms with Crippen LogP contribution >= 0.6 is 0 Å². The number of phenols is 1. The Bertz CT molecular complexity index is 599. The summed E-state index contributed by atoms with van der Waals surface area (Å²) in [6.07, 6.45) is 23.5. The van der Waals surface area contributed by atoms with E-state index in [-0.39, 0.29) is 11.7 Å². The number of benzene rings is 1. The van der Waals surface area contributed by atoms with Crippen LogP contribution in [0.25, 0.3) is 0 Å². The van der Waals surface area contributed by atoms with Crippen LogP contribution < -0.4 is 4.74 Å². The standard InChI is InChI=1S/C24H34O3/c1-2-3-4-5-6-7-8-9-10-11-12-13-14-15-16-20-24(26)27-23-19-17-18-22(25)21-23/h3-4,6-7,9-10,17-19,21,25H,2,5,8,11-16,20H2,1H3/b4-3-,7-6-,10-9-. The van der Waals surface area contributed by atoms with Gasteiger partial charge in [-0.25, -0.2) is 0 Å². The molecule has 27 heavy (non-hydrogen) atoms. The summed E-state index contributed by atoms with van der Waals surface area (Å²) in [5.74, 6) is 0.273. The Morgan fingerprint density at radius 3 is 2.33 bits per heavy atom. The third kappa shape index (κ3) is 13.6. The lowest BCUT2D eigenvalue weighted by molar-refractivity contribution is -0.134. The number of rotatable bonds is 14. The fourth-order valence-corrected chi connectivity index (χ4v) is 2.62. The van der Waals surface area contributed by atoms with Gasteiger partial charge in [0.05, 0.1) is 0 Å². The van der Waals surface area contributed by atoms with Crippen molar-refractivity contribution in [3.8, 4) is 11.5 Å². The Morgan fingerprint density at radius 1 is 0.926 bits per heavy atom. The van der Waals surface area contributed by atoms with Gasteiger partial charge in [-0.1, -0.05) is 68.7 Å². The topological polar surface area (TPSA) is 46.5 Å². The predicted molar refractivity (Wildman–Crippen MR) is 113 cm³/mol. The summed E-state index contributed by atoms with van der Waals surface area (Å²) in [6.45, 7) is 2.15. The van der Waals surface area contributed by atoms with E-state index in [2.05, 4.69) is 43.4 Å². The maximum absolute atomic E-state index is 11.7. The maximum atomic E-state index is 11.7. The Morgan fingerprint density at radius 2 is 1.59 bits per heavy atom. The summed E-state index contributed by atoms with van der Waals surface area (Å²) in [5, 5.41) is 9.34. The van der Waals surface area contributed by atoms with Gasteiger partial charge in [-0.3, -0.25) is 4.79 Å². The number of hydrogen-bond acceptors (Lipinski definition) is 3. The lowest BCUT2D eigenvalue weighted by Crippen LogP contribution is -2.07. The van der Waals surface area contributed by atoms with Gasteiger partial charge in [0, 0.05) is 12.5 Å². The van der Waals surface area contributed by atoms with Gasteiger partial charge in [-0.05, 0) is 50.7 Å². The average Bonchev–Trinajstić information content (AvgIpc) is 2.65. The zero-order valence-corrected chi connectivity index (χ0v) is 16.6. The molecule has 3 heteroatoms. The molecule has 1 aromatic rings. The first kappa shape index (κ1) is 22.8. The zero-order valence-electron chi connectivity index (χ0n) is 16.6. The Kier molecular flexibility index (Phi) is 13.4. The van der Waals surface area contributed by atoms with E-state index in [1.54, 1.807) is 18.2 Å². The quantitative estimate of drug-likeness (QED) is 0.168. The van der Waals surface area contributed by atoms with Crippen molar-refractivity contribution < 1.29 is 14.6 Å². The Balaban J connectivity index is 1.93. The first-order valence-electron chi connectivity index (χ1n) is 10.2. The summed E-state index contributed by atoms with van der Waals surface area (Å²) < 4.78 is 5.20. The normalized spacial score (nSPS) is 11.7. The largest absolute Gasteiger partial charge is 0.508 e. The average molecular weight is 371 g/mol. The van der Waals surface area contributed by atoms with Crippen LogP contribution in [0, 0.1) is 0 Å². The van der Waals surface area contributed by atoms with Crippen molar-refractivity contribution in [3.63, 3.8) is 0 Å². The van der Waals surface area contributed by atoms with Gasteiger partial charge in [0.15, 0.2) is 0 Å². The highest BCUT2D eigenvalue weighted by atomic mass is 16.5. The minimum atomic E-state index is -0.234. The maximum Gasteiger partial charge on any atom is 0.311 e. The molecule has 1 N–H and O–H groups in total. The summed E-state index contributed by atoms with van der Waals surface area (Å²) in [4.78, 5) is 11.7. The SMILES string of the molecule is CC/C=C\C/C=C\C/C=C\CCCCCCCC(=O)Oc1cccc(O)c1. The van der Waals surface area contributed by atoms with E-state index >= 15 is 0 Å². The number of aromatic hydroxyl groups is 1. The van der Waals surface area contributed by atoms with E-state index in [9.17, 15) is 9.90 Å². The first-order valence-corrected chi connectivity index (χ1v) is 10.2. The molecule has 0 fully saturated rings. The number of carbonyl (C=O) groups excluding carboxylic acids is 1. The van der Waals surface area contributed by atoms with Crippen LogP contribution in [0.15, 0.2) is 60.7 Å². The highest BCUT2D eigenvalue weighted by molar-refractivity contribution is 5.72. The fraction of sp³-hybridized carbons (Fsp3) is 0.458. The van der Waals surface area contributed by atoms with Gasteiger partial charge in [0.2, 0.25) is 0 Å². The molecule has 0 atom stereocenters. The van der Waals surface area contributed by atoms with Gasteiger partial charge >= 0.3 is 5.97 Å². The van der Waals surface area contributed by atoms with Crippen molar-refractivity contribution in [1.82, 2.24) is 0 Å². The van der Waals surface area contributed by atoms with Crippen LogP contribution in [-0.4, -0.2) is 11.1 Å². The molecule has 0 unspecified atom stereocenters. The van der Waals surface area contributed by atoms with Crippen molar-refractivity contribution in [2.75, 3.05) is 0 Å². The molecule has 0 aromatic heterocycles. The molecule has 0 spiro atoms. The monoisotopic (exact) mass is 370 g/mol. The van der Waals surface area contributed by atoms with E-state index in [4.69, 9.17) is 4.74 Å². The minimum absolute atomic E-state index is 0.106. The molecule has 148 valence electrons. The van der Waals surface area contributed by atoms with Crippen LogP contribution in [0.5, 0.6) is 11.5 Å². The molecule has 3 nitrogen and oxygen atoms in total. The van der Waals surface area contributed by atoms with Gasteiger partial charge in [0.25, 0.3) is 0 Å². The third-order valence-corrected chi connectivity index (χ3v) is 4.08. The van der Waals surface area contributed by atoms with Crippen LogP contribution in [-0.2, 0) is 4.79 Å². The van der Waals surface area contributed by atoms with E-state index in [1.165, 1.54) is 18.9 Å². The van der Waals surface area contributed by atoms with E-state index in [0.717, 1.165) is 44.9 Å². The second kappa shape index (κ2) is 15.9. The predicted octanol–water partition coefficient (Wildman–Crippen LogP) is 6.89. The molecule has 0 aliphatic carbocycles. The van der Waals surface area contributed by atoms with Gasteiger partial charge in [-0.15, -0.1) is 0 Å². The molecule has 0 amide bonds. The van der Waals surface area contributed by atoms with Crippen molar-refractivity contribution in [1.29, 1.82) is 0 Å². The Labute approximate surface area is 164 Å². The molecular weight excluding hydrogens is 336 g/mol. The molecule has 0 radical (unpaired) electrons. The van der Waals surface area contributed by atoms with Crippen molar-refractivity contribution in [2.45, 2.75) is 71.1 Å². The Hall–Kier alpha value is -2.29. The summed E-state index contributed by atoms with van der Waals surface area (Å²) >= 11 is 0. The molecule has 0 heterocycles. The first-order chi connectivity index (χ1) is 13.2. The third-order valence-electron chi connectivity index (χ3n) is 4.08. The highest BCUT2D eigenvalue weighted by Crippen LogP contribution is 2.18. The van der Waals surface area contributed by atoms with Crippen LogP contribution in [0.1, 0.15) is 71.1 Å². The number of allylic oxidation sites excluding steroid dienone is 6. The molecule has 0 aliphatic rings. The molecule has 0 saturated carbocycles. The number of hydrogen-bond donors (Lipinski definition) is 1. The van der Waals surface area contributed by atoms with Gasteiger partial charge in [-0.2, -0.15) is 0 Å². The van der Waals surface area contributed by atoms with Gasteiger partial charge < -0.3 is 9.84 Å². The van der Waals surface area contributed by atoms with Crippen molar-refractivity contribution >= 4 is 5.97 Å². The molecular formula is C24H34O3. The highest BCUT2D eigenvalue weighted by Gasteiger charge is 2.05. The molecule has 1 rings (SSSR count). The van der Waals surface area contributed by atoms with E-state index in [1.807, 2.05) is 0 Å². The second-order valence-electron chi connectivity index (χ2n) is 6.57. The minimum Gasteiger partial charge on any atom is -0.508 e. The van der Waals surface area contributed by atoms with E-state index in [0.29, 0.717) is 12.2 Å². The number of ether oxygens (including phenoxy) is 1. The molecule has 1 aromatic carbocycles. The molecule has 0 aliphatic heterocycles. The lowest BCUT2D eigenvalue weighted by Gasteiger charge is -2.04. The zero-order chi connectivity index (χ0) is 19.6. The summed E-state index contributed by atoms with van der Waals surface area (Å²) in [7, 11) is 0. The van der Waals surface area contributed by atoms with Crippen LogP contribution in [0.4, 0.5) is 0 Å². The lowest BCUT2D eigenvalue weighted by atomic mass is 10.1.